The second-order valence-corrected chi connectivity index (χ2v) is 6.44. The summed E-state index contributed by atoms with van der Waals surface area (Å²) in [6, 6.07) is 16.4. The summed E-state index contributed by atoms with van der Waals surface area (Å²) in [6.07, 6.45) is 0. The van der Waals surface area contributed by atoms with E-state index in [2.05, 4.69) is 15.5 Å². The van der Waals surface area contributed by atoms with Crippen molar-refractivity contribution < 1.29 is 9.21 Å². The zero-order valence-electron chi connectivity index (χ0n) is 12.2. The van der Waals surface area contributed by atoms with Crippen LogP contribution < -0.4 is 5.32 Å². The fourth-order valence-electron chi connectivity index (χ4n) is 2.24. The molecule has 2 aromatic heterocycles. The van der Waals surface area contributed by atoms with Crippen LogP contribution in [0.25, 0.3) is 21.5 Å². The van der Waals surface area contributed by atoms with Gasteiger partial charge in [0, 0.05) is 16.0 Å². The van der Waals surface area contributed by atoms with Gasteiger partial charge in [-0.1, -0.05) is 53.3 Å². The van der Waals surface area contributed by atoms with Gasteiger partial charge in [-0.05, 0) is 24.3 Å². The lowest BCUT2D eigenvalue weighted by molar-refractivity contribution is 0.0998. The minimum atomic E-state index is -0.356. The molecule has 2 heterocycles. The Kier molecular flexibility index (Phi) is 3.76. The van der Waals surface area contributed by atoms with Gasteiger partial charge in [-0.3, -0.25) is 10.1 Å². The summed E-state index contributed by atoms with van der Waals surface area (Å²) in [6.45, 7) is 0. The van der Waals surface area contributed by atoms with Crippen molar-refractivity contribution in [3.05, 3.63) is 65.4 Å². The number of aromatic nitrogens is 2. The number of carbonyl (C=O) groups excluding carboxylic acids is 1. The van der Waals surface area contributed by atoms with E-state index in [9.17, 15) is 4.79 Å². The lowest BCUT2D eigenvalue weighted by Gasteiger charge is -1.96. The standard InChI is InChI=1S/C17H10ClN3O2S/c18-12-7-5-10(6-8-12)16-20-21-17(24-16)19-15(22)14-9-11-3-1-2-4-13(11)23-14/h1-9H,(H,19,21,22). The Bertz CT molecular complexity index is 991. The van der Waals surface area contributed by atoms with Gasteiger partial charge in [0.2, 0.25) is 5.13 Å². The van der Waals surface area contributed by atoms with E-state index >= 15 is 0 Å². The van der Waals surface area contributed by atoms with Gasteiger partial charge < -0.3 is 4.42 Å². The first-order chi connectivity index (χ1) is 11.7. The van der Waals surface area contributed by atoms with Gasteiger partial charge >= 0.3 is 0 Å². The summed E-state index contributed by atoms with van der Waals surface area (Å²) in [5.41, 5.74) is 1.56. The number of fused-ring (bicyclic) bond motifs is 1. The molecule has 1 N–H and O–H groups in total. The van der Waals surface area contributed by atoms with Crippen molar-refractivity contribution >= 4 is 44.9 Å². The first kappa shape index (κ1) is 14.9. The van der Waals surface area contributed by atoms with Crippen LogP contribution in [0.3, 0.4) is 0 Å². The molecule has 0 radical (unpaired) electrons. The molecule has 4 aromatic rings. The first-order valence-corrected chi connectivity index (χ1v) is 8.28. The summed E-state index contributed by atoms with van der Waals surface area (Å²) >= 11 is 7.16. The van der Waals surface area contributed by atoms with Crippen molar-refractivity contribution in [2.24, 2.45) is 0 Å². The Hall–Kier alpha value is -2.70. The van der Waals surface area contributed by atoms with Crippen molar-refractivity contribution in [2.75, 3.05) is 5.32 Å². The highest BCUT2D eigenvalue weighted by molar-refractivity contribution is 7.18. The Morgan fingerprint density at radius 3 is 2.67 bits per heavy atom. The Balaban J connectivity index is 1.54. The van der Waals surface area contributed by atoms with Crippen LogP contribution in [0, 0.1) is 0 Å². The van der Waals surface area contributed by atoms with Crippen molar-refractivity contribution in [2.45, 2.75) is 0 Å². The van der Waals surface area contributed by atoms with Crippen molar-refractivity contribution in [3.63, 3.8) is 0 Å². The van der Waals surface area contributed by atoms with E-state index in [4.69, 9.17) is 16.0 Å². The van der Waals surface area contributed by atoms with Crippen LogP contribution in [0.1, 0.15) is 10.6 Å². The van der Waals surface area contributed by atoms with E-state index in [-0.39, 0.29) is 11.7 Å². The lowest BCUT2D eigenvalue weighted by Crippen LogP contribution is -2.10. The van der Waals surface area contributed by atoms with Crippen molar-refractivity contribution in [3.8, 4) is 10.6 Å². The molecule has 0 aliphatic rings. The molecule has 24 heavy (non-hydrogen) atoms. The summed E-state index contributed by atoms with van der Waals surface area (Å²) in [5.74, 6) is -0.121. The minimum absolute atomic E-state index is 0.236. The summed E-state index contributed by atoms with van der Waals surface area (Å²) < 4.78 is 5.54. The van der Waals surface area contributed by atoms with E-state index in [1.807, 2.05) is 36.4 Å². The molecule has 0 saturated carbocycles. The molecule has 0 bridgehead atoms. The molecule has 4 rings (SSSR count). The second kappa shape index (κ2) is 6.07. The Labute approximate surface area is 145 Å². The number of hydrogen-bond acceptors (Lipinski definition) is 5. The molecule has 0 aliphatic heterocycles. The van der Waals surface area contributed by atoms with Crippen LogP contribution in [0.2, 0.25) is 5.02 Å². The SMILES string of the molecule is O=C(Nc1nnc(-c2ccc(Cl)cc2)s1)c1cc2ccccc2o1. The quantitative estimate of drug-likeness (QED) is 0.570. The van der Waals surface area contributed by atoms with Crippen LogP contribution in [0.5, 0.6) is 0 Å². The maximum atomic E-state index is 12.3. The van der Waals surface area contributed by atoms with Crippen LogP contribution in [0.4, 0.5) is 5.13 Å². The van der Waals surface area contributed by atoms with Crippen molar-refractivity contribution in [1.29, 1.82) is 0 Å². The predicted molar refractivity (Wildman–Crippen MR) is 94.5 cm³/mol. The van der Waals surface area contributed by atoms with Gasteiger partial charge in [-0.15, -0.1) is 10.2 Å². The molecule has 0 spiro atoms. The number of para-hydroxylation sites is 1. The van der Waals surface area contributed by atoms with E-state index in [1.54, 1.807) is 18.2 Å². The number of benzene rings is 2. The Morgan fingerprint density at radius 1 is 1.08 bits per heavy atom. The molecule has 2 aromatic carbocycles. The first-order valence-electron chi connectivity index (χ1n) is 7.08. The zero-order chi connectivity index (χ0) is 16.5. The molecular formula is C17H10ClN3O2S. The highest BCUT2D eigenvalue weighted by atomic mass is 35.5. The van der Waals surface area contributed by atoms with Gasteiger partial charge in [0.05, 0.1) is 0 Å². The molecule has 0 saturated heterocycles. The van der Waals surface area contributed by atoms with Gasteiger partial charge in [-0.25, -0.2) is 0 Å². The molecule has 118 valence electrons. The third-order valence-electron chi connectivity index (χ3n) is 3.39. The van der Waals surface area contributed by atoms with Gasteiger partial charge in [-0.2, -0.15) is 0 Å². The molecule has 5 nitrogen and oxygen atoms in total. The fraction of sp³-hybridized carbons (Fsp3) is 0. The number of nitrogens with one attached hydrogen (secondary N) is 1. The van der Waals surface area contributed by atoms with Gasteiger partial charge in [0.25, 0.3) is 5.91 Å². The normalized spacial score (nSPS) is 10.9. The van der Waals surface area contributed by atoms with E-state index in [0.29, 0.717) is 20.7 Å². The topological polar surface area (TPSA) is 68.0 Å². The third kappa shape index (κ3) is 2.89. The third-order valence-corrected chi connectivity index (χ3v) is 4.53. The Morgan fingerprint density at radius 2 is 1.88 bits per heavy atom. The number of anilines is 1. The average molecular weight is 356 g/mol. The number of hydrogen-bond donors (Lipinski definition) is 1. The fourth-order valence-corrected chi connectivity index (χ4v) is 3.11. The van der Waals surface area contributed by atoms with Crippen LogP contribution >= 0.6 is 22.9 Å². The monoisotopic (exact) mass is 355 g/mol. The zero-order valence-corrected chi connectivity index (χ0v) is 13.8. The van der Waals surface area contributed by atoms with Crippen LogP contribution in [-0.4, -0.2) is 16.1 Å². The lowest BCUT2D eigenvalue weighted by atomic mass is 10.2. The summed E-state index contributed by atoms with van der Waals surface area (Å²) in [7, 11) is 0. The highest BCUT2D eigenvalue weighted by Crippen LogP contribution is 2.28. The largest absolute Gasteiger partial charge is 0.451 e. The van der Waals surface area contributed by atoms with E-state index < -0.39 is 0 Å². The van der Waals surface area contributed by atoms with E-state index in [1.165, 1.54) is 11.3 Å². The maximum absolute atomic E-state index is 12.3. The second-order valence-electron chi connectivity index (χ2n) is 5.02. The minimum Gasteiger partial charge on any atom is -0.451 e. The van der Waals surface area contributed by atoms with Crippen LogP contribution in [-0.2, 0) is 0 Å². The average Bonchev–Trinajstić information content (AvgIpc) is 3.22. The van der Waals surface area contributed by atoms with E-state index in [0.717, 1.165) is 10.9 Å². The number of furan rings is 1. The maximum Gasteiger partial charge on any atom is 0.293 e. The summed E-state index contributed by atoms with van der Waals surface area (Å²) in [4.78, 5) is 12.3. The highest BCUT2D eigenvalue weighted by Gasteiger charge is 2.15. The number of rotatable bonds is 3. The molecule has 0 unspecified atom stereocenters. The van der Waals surface area contributed by atoms with Crippen molar-refractivity contribution in [1.82, 2.24) is 10.2 Å². The molecule has 7 heteroatoms. The molecular weight excluding hydrogens is 346 g/mol. The predicted octanol–water partition coefficient (Wildman–Crippen LogP) is 4.86. The number of carbonyl (C=O) groups is 1. The van der Waals surface area contributed by atoms with Gasteiger partial charge in [0.1, 0.15) is 10.6 Å². The molecule has 1 amide bonds. The van der Waals surface area contributed by atoms with Crippen LogP contribution in [0.15, 0.2) is 59.0 Å². The molecule has 0 fully saturated rings. The smallest absolute Gasteiger partial charge is 0.293 e. The summed E-state index contributed by atoms with van der Waals surface area (Å²) in [5, 5.41) is 13.4. The van der Waals surface area contributed by atoms with Gasteiger partial charge in [0.15, 0.2) is 5.76 Å². The number of halogens is 1. The number of amides is 1. The number of nitrogens with zero attached hydrogens (tertiary/aromatic N) is 2. The molecule has 0 atom stereocenters. The molecule has 0 aliphatic carbocycles.